The van der Waals surface area contributed by atoms with Crippen LogP contribution in [0.1, 0.15) is 48.2 Å². The number of hydrogen-bond acceptors (Lipinski definition) is 3. The van der Waals surface area contributed by atoms with Crippen LogP contribution in [0, 0.1) is 12.8 Å². The summed E-state index contributed by atoms with van der Waals surface area (Å²) in [6, 6.07) is 1.49. The normalized spacial score (nSPS) is 21.0. The van der Waals surface area contributed by atoms with E-state index in [9.17, 15) is 18.0 Å². The van der Waals surface area contributed by atoms with Crippen molar-refractivity contribution in [3.8, 4) is 0 Å². The molecule has 1 aliphatic carbocycles. The fraction of sp³-hybridized carbons (Fsp3) is 0.667. The lowest BCUT2D eigenvalue weighted by Gasteiger charge is -2.31. The highest BCUT2D eigenvalue weighted by Gasteiger charge is 2.42. The molecule has 3 N–H and O–H groups in total. The summed E-state index contributed by atoms with van der Waals surface area (Å²) in [6.45, 7) is 2.78. The Labute approximate surface area is 157 Å². The molecule has 0 saturated heterocycles. The van der Waals surface area contributed by atoms with Crippen molar-refractivity contribution in [3.05, 3.63) is 23.7 Å². The highest BCUT2D eigenvalue weighted by Crippen LogP contribution is 2.37. The highest BCUT2D eigenvalue weighted by molar-refractivity contribution is 5.92. The first-order valence-corrected chi connectivity index (χ1v) is 9.17. The smallest absolute Gasteiger partial charge is 0.391 e. The number of aryl methyl sites for hydroxylation is 1. The van der Waals surface area contributed by atoms with Gasteiger partial charge in [-0.15, -0.1) is 0 Å². The van der Waals surface area contributed by atoms with Gasteiger partial charge in [0.05, 0.1) is 12.2 Å². The number of guanidine groups is 1. The van der Waals surface area contributed by atoms with Gasteiger partial charge in [0.2, 0.25) is 0 Å². The average molecular weight is 388 g/mol. The number of carbonyl (C=O) groups excluding carboxylic acids is 1. The molecule has 0 aliphatic heterocycles. The number of aliphatic imine (C=N–C) groups is 1. The van der Waals surface area contributed by atoms with E-state index in [0.29, 0.717) is 44.1 Å². The fourth-order valence-corrected chi connectivity index (χ4v) is 3.19. The third-order valence-electron chi connectivity index (χ3n) is 4.70. The van der Waals surface area contributed by atoms with Gasteiger partial charge in [-0.1, -0.05) is 6.42 Å². The molecule has 2 rings (SSSR count). The van der Waals surface area contributed by atoms with Gasteiger partial charge in [-0.05, 0) is 38.7 Å². The van der Waals surface area contributed by atoms with E-state index in [1.807, 2.05) is 0 Å². The van der Waals surface area contributed by atoms with Gasteiger partial charge in [0.25, 0.3) is 5.91 Å². The van der Waals surface area contributed by atoms with Crippen LogP contribution in [0.5, 0.6) is 0 Å². The minimum absolute atomic E-state index is 0.0722. The van der Waals surface area contributed by atoms with Crippen LogP contribution in [0.15, 0.2) is 21.7 Å². The van der Waals surface area contributed by atoms with Crippen LogP contribution in [-0.4, -0.2) is 44.2 Å². The van der Waals surface area contributed by atoms with Crippen LogP contribution >= 0.6 is 0 Å². The minimum atomic E-state index is -4.14. The van der Waals surface area contributed by atoms with Gasteiger partial charge in [0.15, 0.2) is 11.7 Å². The molecule has 152 valence electrons. The van der Waals surface area contributed by atoms with Gasteiger partial charge >= 0.3 is 6.18 Å². The molecule has 1 heterocycles. The molecule has 1 aliphatic rings. The molecule has 1 saturated carbocycles. The number of alkyl halides is 3. The van der Waals surface area contributed by atoms with Crippen molar-refractivity contribution in [2.45, 2.75) is 51.2 Å². The van der Waals surface area contributed by atoms with E-state index < -0.39 is 12.1 Å². The second kappa shape index (κ2) is 9.66. The van der Waals surface area contributed by atoms with Gasteiger partial charge in [0, 0.05) is 31.7 Å². The van der Waals surface area contributed by atoms with Gasteiger partial charge in [-0.25, -0.2) is 0 Å². The van der Waals surface area contributed by atoms with E-state index >= 15 is 0 Å². The van der Waals surface area contributed by atoms with Crippen molar-refractivity contribution in [2.75, 3.05) is 20.1 Å². The van der Waals surface area contributed by atoms with E-state index in [4.69, 9.17) is 4.42 Å². The van der Waals surface area contributed by atoms with Crippen molar-refractivity contribution >= 4 is 11.9 Å². The number of hydrogen-bond donors (Lipinski definition) is 3. The Hall–Kier alpha value is -2.19. The Kier molecular flexibility index (Phi) is 7.55. The quantitative estimate of drug-likeness (QED) is 0.398. The molecule has 1 fully saturated rings. The molecule has 0 radical (unpaired) electrons. The van der Waals surface area contributed by atoms with Crippen LogP contribution in [0.4, 0.5) is 13.2 Å². The zero-order valence-electron chi connectivity index (χ0n) is 15.7. The molecular weight excluding hydrogens is 361 g/mol. The molecule has 1 aromatic rings. The molecule has 2 unspecified atom stereocenters. The lowest BCUT2D eigenvalue weighted by molar-refractivity contribution is -0.183. The van der Waals surface area contributed by atoms with E-state index in [0.717, 1.165) is 5.56 Å². The molecule has 2 atom stereocenters. The lowest BCUT2D eigenvalue weighted by atomic mass is 9.85. The monoisotopic (exact) mass is 388 g/mol. The molecule has 0 spiro atoms. The lowest BCUT2D eigenvalue weighted by Crippen LogP contribution is -2.47. The van der Waals surface area contributed by atoms with Crippen LogP contribution in [0.25, 0.3) is 0 Å². The van der Waals surface area contributed by atoms with Crippen molar-refractivity contribution < 1.29 is 22.4 Å². The largest absolute Gasteiger partial charge is 0.459 e. The Bertz CT molecular complexity index is 643. The molecule has 0 bridgehead atoms. The van der Waals surface area contributed by atoms with Crippen molar-refractivity contribution in [3.63, 3.8) is 0 Å². The molecular formula is C18H27F3N4O2. The maximum Gasteiger partial charge on any atom is 0.391 e. The summed E-state index contributed by atoms with van der Waals surface area (Å²) in [6.07, 6.45) is -0.506. The predicted octanol–water partition coefficient (Wildman–Crippen LogP) is 2.99. The second-order valence-corrected chi connectivity index (χ2v) is 6.79. The Morgan fingerprint density at radius 3 is 2.67 bits per heavy atom. The van der Waals surface area contributed by atoms with E-state index in [1.54, 1.807) is 20.0 Å². The molecule has 0 aromatic carbocycles. The third-order valence-corrected chi connectivity index (χ3v) is 4.70. The van der Waals surface area contributed by atoms with Gasteiger partial charge in [-0.3, -0.25) is 9.79 Å². The summed E-state index contributed by atoms with van der Waals surface area (Å²) >= 11 is 0. The number of nitrogens with zero attached hydrogens (tertiary/aromatic N) is 1. The maximum absolute atomic E-state index is 12.9. The molecule has 9 heteroatoms. The van der Waals surface area contributed by atoms with Crippen LogP contribution in [0.2, 0.25) is 0 Å². The number of rotatable bonds is 6. The first-order valence-electron chi connectivity index (χ1n) is 9.17. The fourth-order valence-electron chi connectivity index (χ4n) is 3.19. The summed E-state index contributed by atoms with van der Waals surface area (Å²) in [4.78, 5) is 16.0. The topological polar surface area (TPSA) is 78.7 Å². The first-order chi connectivity index (χ1) is 12.8. The van der Waals surface area contributed by atoms with Crippen molar-refractivity contribution in [2.24, 2.45) is 10.9 Å². The van der Waals surface area contributed by atoms with E-state index in [1.165, 1.54) is 6.26 Å². The first kappa shape index (κ1) is 21.1. The number of furan rings is 1. The molecule has 27 heavy (non-hydrogen) atoms. The number of nitrogens with one attached hydrogen (secondary N) is 3. The van der Waals surface area contributed by atoms with Gasteiger partial charge < -0.3 is 20.4 Å². The van der Waals surface area contributed by atoms with Gasteiger partial charge in [-0.2, -0.15) is 13.2 Å². The predicted molar refractivity (Wildman–Crippen MR) is 96.7 cm³/mol. The SMILES string of the molecule is CN=C(NCCCNC(=O)c1occc1C)NC1CCCC(C(F)(F)F)C1. The average Bonchev–Trinajstić information content (AvgIpc) is 3.06. The highest BCUT2D eigenvalue weighted by atomic mass is 19.4. The van der Waals surface area contributed by atoms with Crippen LogP contribution in [-0.2, 0) is 0 Å². The Morgan fingerprint density at radius 2 is 2.04 bits per heavy atom. The zero-order chi connectivity index (χ0) is 19.9. The van der Waals surface area contributed by atoms with E-state index in [2.05, 4.69) is 20.9 Å². The summed E-state index contributed by atoms with van der Waals surface area (Å²) in [5.41, 5.74) is 0.778. The maximum atomic E-state index is 12.9. The third kappa shape index (κ3) is 6.48. The van der Waals surface area contributed by atoms with Crippen LogP contribution < -0.4 is 16.0 Å². The number of amides is 1. The van der Waals surface area contributed by atoms with Crippen molar-refractivity contribution in [1.82, 2.24) is 16.0 Å². The van der Waals surface area contributed by atoms with Gasteiger partial charge in [0.1, 0.15) is 0 Å². The second-order valence-electron chi connectivity index (χ2n) is 6.79. The van der Waals surface area contributed by atoms with Crippen molar-refractivity contribution in [1.29, 1.82) is 0 Å². The molecule has 1 aromatic heterocycles. The summed E-state index contributed by atoms with van der Waals surface area (Å²) in [5.74, 6) is -0.726. The minimum Gasteiger partial charge on any atom is -0.459 e. The zero-order valence-corrected chi connectivity index (χ0v) is 15.7. The summed E-state index contributed by atoms with van der Waals surface area (Å²) in [5, 5.41) is 8.91. The standard InChI is InChI=1S/C18H27F3N4O2/c1-12-7-10-27-15(12)16(26)23-8-4-9-24-17(22-2)25-14-6-3-5-13(11-14)18(19,20)21/h7,10,13-14H,3-6,8-9,11H2,1-2H3,(H,23,26)(H2,22,24,25). The molecule has 6 nitrogen and oxygen atoms in total. The Balaban J connectivity index is 1.67. The number of halogens is 3. The number of carbonyl (C=O) groups is 1. The summed E-state index contributed by atoms with van der Waals surface area (Å²) < 4.78 is 43.8. The Morgan fingerprint density at radius 1 is 1.30 bits per heavy atom. The summed E-state index contributed by atoms with van der Waals surface area (Å²) in [7, 11) is 1.58. The van der Waals surface area contributed by atoms with E-state index in [-0.39, 0.29) is 24.8 Å². The van der Waals surface area contributed by atoms with Crippen LogP contribution in [0.3, 0.4) is 0 Å². The molecule has 1 amide bonds.